The molecule has 222 valence electrons. The van der Waals surface area contributed by atoms with Crippen LogP contribution in [0.3, 0.4) is 0 Å². The fourth-order valence-corrected chi connectivity index (χ4v) is 8.11. The highest BCUT2D eigenvalue weighted by Gasteiger charge is 2.50. The first-order valence-corrected chi connectivity index (χ1v) is 15.7. The number of amides is 2. The molecule has 0 unspecified atom stereocenters. The summed E-state index contributed by atoms with van der Waals surface area (Å²) < 4.78 is 11.3. The van der Waals surface area contributed by atoms with Gasteiger partial charge in [-0.3, -0.25) is 9.59 Å². The van der Waals surface area contributed by atoms with Crippen LogP contribution in [0.4, 0.5) is 0 Å². The maximum Gasteiger partial charge on any atom is 0.246 e. The van der Waals surface area contributed by atoms with Crippen LogP contribution in [0.5, 0.6) is 11.5 Å². The summed E-state index contributed by atoms with van der Waals surface area (Å²) in [5.74, 6) is 2.21. The number of fused-ring (bicyclic) bond motifs is 4. The maximum atomic E-state index is 14.4. The van der Waals surface area contributed by atoms with Gasteiger partial charge in [-0.1, -0.05) is 37.5 Å². The van der Waals surface area contributed by atoms with Crippen LogP contribution in [0.25, 0.3) is 10.9 Å². The van der Waals surface area contributed by atoms with Crippen molar-refractivity contribution >= 4 is 22.7 Å². The number of aromatic amines is 1. The number of ether oxygens (including phenoxy) is 2. The molecule has 0 bridgehead atoms. The first-order chi connectivity index (χ1) is 20.6. The van der Waals surface area contributed by atoms with E-state index in [4.69, 9.17) is 9.47 Å². The number of aromatic nitrogens is 1. The van der Waals surface area contributed by atoms with E-state index in [9.17, 15) is 9.59 Å². The quantitative estimate of drug-likeness (QED) is 0.456. The van der Waals surface area contributed by atoms with Crippen LogP contribution in [-0.2, 0) is 16.0 Å². The lowest BCUT2D eigenvalue weighted by molar-refractivity contribution is -0.161. The number of nitrogens with zero attached hydrogens (tertiary/aromatic N) is 3. The summed E-state index contributed by atoms with van der Waals surface area (Å²) in [4.78, 5) is 38.5. The van der Waals surface area contributed by atoms with Crippen LogP contribution in [-0.4, -0.2) is 84.0 Å². The number of piperazine rings is 1. The topological polar surface area (TPSA) is 78.1 Å². The first-order valence-electron chi connectivity index (χ1n) is 15.7. The number of benzene rings is 2. The molecule has 4 aliphatic rings. The summed E-state index contributed by atoms with van der Waals surface area (Å²) in [6.45, 7) is 3.33. The van der Waals surface area contributed by atoms with Gasteiger partial charge in [-0.05, 0) is 55.4 Å². The van der Waals surface area contributed by atoms with E-state index >= 15 is 0 Å². The van der Waals surface area contributed by atoms with Crippen molar-refractivity contribution in [2.24, 2.45) is 5.92 Å². The number of carbonyl (C=O) groups is 2. The highest BCUT2D eigenvalue weighted by atomic mass is 16.5. The van der Waals surface area contributed by atoms with Crippen molar-refractivity contribution in [2.75, 3.05) is 40.4 Å². The van der Waals surface area contributed by atoms with Crippen LogP contribution in [0.15, 0.2) is 42.5 Å². The molecular formula is C34H42N4O4. The highest BCUT2D eigenvalue weighted by Crippen LogP contribution is 2.46. The molecule has 0 radical (unpaired) electrons. The zero-order chi connectivity index (χ0) is 28.8. The molecule has 3 aromatic rings. The molecule has 1 saturated carbocycles. The normalized spacial score (nSPS) is 24.1. The van der Waals surface area contributed by atoms with Gasteiger partial charge in [0.1, 0.15) is 30.1 Å². The van der Waals surface area contributed by atoms with Crippen molar-refractivity contribution in [3.05, 3.63) is 59.3 Å². The van der Waals surface area contributed by atoms with Crippen molar-refractivity contribution in [3.63, 3.8) is 0 Å². The second kappa shape index (κ2) is 11.3. The lowest BCUT2D eigenvalue weighted by Gasteiger charge is -2.50. The number of hydrogen-bond acceptors (Lipinski definition) is 5. The fraction of sp³-hybridized carbons (Fsp3) is 0.529. The van der Waals surface area contributed by atoms with E-state index in [2.05, 4.69) is 22.0 Å². The van der Waals surface area contributed by atoms with Crippen molar-refractivity contribution in [1.29, 1.82) is 0 Å². The predicted octanol–water partition coefficient (Wildman–Crippen LogP) is 4.91. The second-order valence-corrected chi connectivity index (χ2v) is 12.6. The molecule has 2 atom stereocenters. The molecule has 2 aromatic carbocycles. The van der Waals surface area contributed by atoms with E-state index in [1.165, 1.54) is 38.6 Å². The van der Waals surface area contributed by atoms with Crippen molar-refractivity contribution in [2.45, 2.75) is 69.5 Å². The zero-order valence-electron chi connectivity index (χ0n) is 24.8. The Morgan fingerprint density at radius 2 is 1.71 bits per heavy atom. The Bertz CT molecular complexity index is 1470. The Morgan fingerprint density at radius 3 is 2.48 bits per heavy atom. The number of piperidine rings is 1. The van der Waals surface area contributed by atoms with E-state index in [1.54, 1.807) is 14.2 Å². The second-order valence-electron chi connectivity index (χ2n) is 12.6. The minimum Gasteiger partial charge on any atom is -0.497 e. The summed E-state index contributed by atoms with van der Waals surface area (Å²) in [5, 5.41) is 1.11. The van der Waals surface area contributed by atoms with Gasteiger partial charge in [0.25, 0.3) is 0 Å². The third kappa shape index (κ3) is 4.74. The molecule has 2 saturated heterocycles. The smallest absolute Gasteiger partial charge is 0.246 e. The average Bonchev–Trinajstić information content (AvgIpc) is 3.41. The minimum absolute atomic E-state index is 0.00332. The van der Waals surface area contributed by atoms with Gasteiger partial charge in [0.2, 0.25) is 11.8 Å². The van der Waals surface area contributed by atoms with E-state index in [0.29, 0.717) is 17.9 Å². The van der Waals surface area contributed by atoms with Crippen LogP contribution >= 0.6 is 0 Å². The average molecular weight is 571 g/mol. The van der Waals surface area contributed by atoms with E-state index < -0.39 is 12.1 Å². The number of carbonyl (C=O) groups excluding carboxylic acids is 2. The van der Waals surface area contributed by atoms with Crippen LogP contribution in [0.2, 0.25) is 0 Å². The first kappa shape index (κ1) is 27.3. The summed E-state index contributed by atoms with van der Waals surface area (Å²) in [6.07, 6.45) is 9.21. The number of methoxy groups -OCH3 is 2. The van der Waals surface area contributed by atoms with Crippen molar-refractivity contribution in [1.82, 2.24) is 19.7 Å². The van der Waals surface area contributed by atoms with Gasteiger partial charge in [-0.2, -0.15) is 0 Å². The van der Waals surface area contributed by atoms with Crippen LogP contribution in [0, 0.1) is 5.92 Å². The molecule has 1 aliphatic carbocycles. The zero-order valence-corrected chi connectivity index (χ0v) is 24.8. The third-order valence-electron chi connectivity index (χ3n) is 10.3. The summed E-state index contributed by atoms with van der Waals surface area (Å²) in [5.41, 5.74) is 3.94. The number of hydrogen-bond donors (Lipinski definition) is 1. The predicted molar refractivity (Wildman–Crippen MR) is 162 cm³/mol. The van der Waals surface area contributed by atoms with Gasteiger partial charge in [-0.25, -0.2) is 0 Å². The van der Waals surface area contributed by atoms with Crippen molar-refractivity contribution < 1.29 is 19.1 Å². The molecule has 8 heteroatoms. The Morgan fingerprint density at radius 1 is 0.929 bits per heavy atom. The molecule has 1 aromatic heterocycles. The Balaban J connectivity index is 1.19. The number of para-hydroxylation sites is 1. The Hall–Kier alpha value is -3.52. The standard InChI is InChI=1S/C34H42N4O4/c1-41-24-12-13-26(30(18-24)42-2)33-32-27(25-10-6-7-11-28(25)35-32)19-29-34(40)37(21-31(39)38(29)33)23-14-16-36(17-15-23)20-22-8-4-3-5-9-22/h6-7,10-13,18,22-23,29,33,35H,3-5,8-9,14-17,19-21H2,1-2H3/t29-,33-/m1/s1. The Kier molecular flexibility index (Phi) is 7.34. The molecule has 42 heavy (non-hydrogen) atoms. The van der Waals surface area contributed by atoms with Gasteiger partial charge in [0.15, 0.2) is 0 Å². The molecule has 4 heterocycles. The number of H-pyrrole nitrogens is 1. The summed E-state index contributed by atoms with van der Waals surface area (Å²) in [7, 11) is 3.26. The van der Waals surface area contributed by atoms with Gasteiger partial charge in [0.05, 0.1) is 14.2 Å². The lowest BCUT2D eigenvalue weighted by atomic mass is 9.85. The van der Waals surface area contributed by atoms with E-state index in [-0.39, 0.29) is 24.4 Å². The largest absolute Gasteiger partial charge is 0.497 e. The molecule has 3 aliphatic heterocycles. The molecule has 3 fully saturated rings. The molecule has 7 rings (SSSR count). The SMILES string of the molecule is COc1ccc([C@@H]2c3[nH]c4ccccc4c3C[C@@H]3C(=O)N(C4CCN(CC5CCCCC5)CC4)CC(=O)N23)c(OC)c1. The summed E-state index contributed by atoms with van der Waals surface area (Å²) in [6, 6.07) is 13.0. The Labute approximate surface area is 247 Å². The van der Waals surface area contributed by atoms with Gasteiger partial charge in [-0.15, -0.1) is 0 Å². The molecule has 1 N–H and O–H groups in total. The maximum absolute atomic E-state index is 14.4. The van der Waals surface area contributed by atoms with Gasteiger partial charge >= 0.3 is 0 Å². The third-order valence-corrected chi connectivity index (χ3v) is 10.3. The van der Waals surface area contributed by atoms with Crippen molar-refractivity contribution in [3.8, 4) is 11.5 Å². The van der Waals surface area contributed by atoms with E-state index in [1.807, 2.05) is 40.1 Å². The van der Waals surface area contributed by atoms with E-state index in [0.717, 1.165) is 59.6 Å². The highest BCUT2D eigenvalue weighted by molar-refractivity contribution is 5.98. The minimum atomic E-state index is -0.546. The molecule has 8 nitrogen and oxygen atoms in total. The van der Waals surface area contributed by atoms with Gasteiger partial charge < -0.3 is 29.2 Å². The fourth-order valence-electron chi connectivity index (χ4n) is 8.11. The summed E-state index contributed by atoms with van der Waals surface area (Å²) >= 11 is 0. The van der Waals surface area contributed by atoms with Crippen LogP contribution < -0.4 is 9.47 Å². The van der Waals surface area contributed by atoms with Gasteiger partial charge in [0, 0.05) is 60.3 Å². The number of nitrogens with one attached hydrogen (secondary N) is 1. The molecule has 2 amide bonds. The number of rotatable bonds is 6. The van der Waals surface area contributed by atoms with Crippen LogP contribution in [0.1, 0.15) is 67.8 Å². The molecule has 0 spiro atoms. The molecular weight excluding hydrogens is 528 g/mol. The lowest BCUT2D eigenvalue weighted by Crippen LogP contribution is -2.65. The monoisotopic (exact) mass is 570 g/mol. The number of likely N-dealkylation sites (tertiary alicyclic amines) is 1.